The summed E-state index contributed by atoms with van der Waals surface area (Å²) < 4.78 is 34.4. The largest absolute Gasteiger partial charge is 0.394 e. The lowest BCUT2D eigenvalue weighted by molar-refractivity contribution is -0.310. The van der Waals surface area contributed by atoms with Crippen molar-refractivity contribution in [3.05, 3.63) is 0 Å². The Morgan fingerprint density at radius 2 is 1.00 bits per heavy atom. The molecule has 3 aliphatic heterocycles. The first-order valence-electron chi connectivity index (χ1n) is 13.8. The predicted octanol–water partition coefficient (Wildman–Crippen LogP) is -8.86. The minimum atomic E-state index is -1.62. The molecule has 4 aliphatic rings. The standard InChI is InChI=1S/C23H45N5O14/c24-2-7-13(32)15(34)10(27)21(37-7)41-19-9(4-30)39-23(17(19)36)42-20-12(31)5(25)1-6(26)18(20)40-22-11(28)16(35)14(33)8(3-29)38-22/h5-23,29-36H,1-4,24-28H2/t5-,6?,7+,8?,9?,10?,11?,12-,13-,14-,15?,16-,17?,18-,19?,20?,21-,22+,23?/m1/s1. The summed E-state index contributed by atoms with van der Waals surface area (Å²) in [4.78, 5) is 0. The van der Waals surface area contributed by atoms with E-state index >= 15 is 0 Å². The van der Waals surface area contributed by atoms with Gasteiger partial charge in [0, 0.05) is 18.6 Å². The second kappa shape index (κ2) is 14.1. The average molecular weight is 616 g/mol. The molecule has 4 rings (SSSR count). The van der Waals surface area contributed by atoms with Gasteiger partial charge in [0.05, 0.1) is 31.4 Å². The Morgan fingerprint density at radius 1 is 0.524 bits per heavy atom. The average Bonchev–Trinajstić information content (AvgIpc) is 3.27. The van der Waals surface area contributed by atoms with Crippen molar-refractivity contribution >= 4 is 0 Å². The Bertz CT molecular complexity index is 866. The maximum atomic E-state index is 11.1. The second-order valence-corrected chi connectivity index (χ2v) is 11.2. The minimum Gasteiger partial charge on any atom is -0.394 e. The third kappa shape index (κ3) is 6.60. The first kappa shape index (κ1) is 34.1. The van der Waals surface area contributed by atoms with Gasteiger partial charge in [-0.2, -0.15) is 0 Å². The molecule has 0 amide bonds. The molecular weight excluding hydrogens is 570 g/mol. The molecule has 0 spiro atoms. The zero-order valence-electron chi connectivity index (χ0n) is 22.7. The fourth-order valence-corrected chi connectivity index (χ4v) is 5.70. The topological polar surface area (TPSA) is 347 Å². The Balaban J connectivity index is 1.50. The van der Waals surface area contributed by atoms with Crippen LogP contribution in [0.3, 0.4) is 0 Å². The summed E-state index contributed by atoms with van der Waals surface area (Å²) in [6, 6.07) is -4.30. The summed E-state index contributed by atoms with van der Waals surface area (Å²) in [5.41, 5.74) is 29.9. The van der Waals surface area contributed by atoms with Crippen molar-refractivity contribution in [1.29, 1.82) is 0 Å². The van der Waals surface area contributed by atoms with Gasteiger partial charge in [0.15, 0.2) is 18.9 Å². The maximum Gasteiger partial charge on any atom is 0.187 e. The van der Waals surface area contributed by atoms with Crippen molar-refractivity contribution in [3.8, 4) is 0 Å². The Morgan fingerprint density at radius 3 is 1.55 bits per heavy atom. The van der Waals surface area contributed by atoms with Gasteiger partial charge in [0.1, 0.15) is 67.1 Å². The molecule has 10 unspecified atom stereocenters. The number of aliphatic hydroxyl groups is 8. The predicted molar refractivity (Wildman–Crippen MR) is 136 cm³/mol. The van der Waals surface area contributed by atoms with E-state index in [9.17, 15) is 40.9 Å². The van der Waals surface area contributed by atoms with Gasteiger partial charge in [-0.15, -0.1) is 0 Å². The van der Waals surface area contributed by atoms with E-state index in [1.807, 2.05) is 0 Å². The van der Waals surface area contributed by atoms with E-state index in [2.05, 4.69) is 0 Å². The van der Waals surface area contributed by atoms with Crippen LogP contribution in [0.2, 0.25) is 0 Å². The minimum absolute atomic E-state index is 0.0642. The van der Waals surface area contributed by atoms with Gasteiger partial charge in [-0.3, -0.25) is 0 Å². The second-order valence-electron chi connectivity index (χ2n) is 11.2. The lowest BCUT2D eigenvalue weighted by atomic mass is 9.84. The molecule has 19 nitrogen and oxygen atoms in total. The third-order valence-electron chi connectivity index (χ3n) is 8.32. The zero-order valence-corrected chi connectivity index (χ0v) is 22.7. The number of rotatable bonds is 9. The first-order chi connectivity index (χ1) is 19.8. The van der Waals surface area contributed by atoms with Crippen molar-refractivity contribution in [1.82, 2.24) is 0 Å². The number of hydrogen-bond acceptors (Lipinski definition) is 19. The third-order valence-corrected chi connectivity index (χ3v) is 8.32. The van der Waals surface area contributed by atoms with Crippen molar-refractivity contribution < 1.29 is 69.3 Å². The summed E-state index contributed by atoms with van der Waals surface area (Å²) >= 11 is 0. The van der Waals surface area contributed by atoms with Gasteiger partial charge in [-0.05, 0) is 6.42 Å². The quantitative estimate of drug-likeness (QED) is 0.114. The van der Waals surface area contributed by atoms with Crippen LogP contribution in [-0.4, -0.2) is 177 Å². The molecule has 0 bridgehead atoms. The summed E-state index contributed by atoms with van der Waals surface area (Å²) in [5, 5.41) is 82.3. The van der Waals surface area contributed by atoms with Gasteiger partial charge in [-0.25, -0.2) is 0 Å². The SMILES string of the molecule is NC[C@@H]1O[C@H](OC2C(CO)OC(OC3[C@H](O[C@@H]4OC(CO)[C@@H](O)[C@H](O)C4N)C(N)C[C@@H](N)[C@H]3O)C2O)C(N)C(O)[C@@H]1O. The smallest absolute Gasteiger partial charge is 0.187 e. The molecule has 3 heterocycles. The highest BCUT2D eigenvalue weighted by Gasteiger charge is 2.54. The van der Waals surface area contributed by atoms with Crippen molar-refractivity contribution in [2.45, 2.75) is 123 Å². The summed E-state index contributed by atoms with van der Waals surface area (Å²) in [7, 11) is 0. The van der Waals surface area contributed by atoms with E-state index < -0.39 is 129 Å². The normalized spacial score (nSPS) is 53.8. The van der Waals surface area contributed by atoms with Gasteiger partial charge in [0.2, 0.25) is 0 Å². The molecule has 0 aromatic heterocycles. The van der Waals surface area contributed by atoms with Gasteiger partial charge in [0.25, 0.3) is 0 Å². The fourth-order valence-electron chi connectivity index (χ4n) is 5.70. The van der Waals surface area contributed by atoms with Crippen LogP contribution in [0.5, 0.6) is 0 Å². The van der Waals surface area contributed by atoms with Crippen LogP contribution in [-0.2, 0) is 28.4 Å². The molecule has 0 radical (unpaired) electrons. The van der Waals surface area contributed by atoms with E-state index in [4.69, 9.17) is 57.1 Å². The Labute approximate surface area is 240 Å². The monoisotopic (exact) mass is 615 g/mol. The molecule has 18 N–H and O–H groups in total. The van der Waals surface area contributed by atoms with E-state index in [-0.39, 0.29) is 13.0 Å². The molecule has 19 heteroatoms. The zero-order chi connectivity index (χ0) is 31.0. The Hall–Kier alpha value is -0.760. The molecule has 246 valence electrons. The molecule has 42 heavy (non-hydrogen) atoms. The highest BCUT2D eigenvalue weighted by molar-refractivity contribution is 5.02. The van der Waals surface area contributed by atoms with E-state index in [1.165, 1.54) is 0 Å². The van der Waals surface area contributed by atoms with Gasteiger partial charge >= 0.3 is 0 Å². The lowest BCUT2D eigenvalue weighted by Gasteiger charge is -2.47. The van der Waals surface area contributed by atoms with Crippen molar-refractivity contribution in [2.75, 3.05) is 19.8 Å². The van der Waals surface area contributed by atoms with Crippen LogP contribution in [0.15, 0.2) is 0 Å². The molecule has 3 saturated heterocycles. The number of aliphatic hydroxyl groups excluding tert-OH is 8. The van der Waals surface area contributed by atoms with Crippen LogP contribution in [0, 0.1) is 0 Å². The summed E-state index contributed by atoms with van der Waals surface area (Å²) in [6.45, 7) is -1.49. The molecule has 0 aromatic carbocycles. The number of nitrogens with two attached hydrogens (primary N) is 5. The van der Waals surface area contributed by atoms with Crippen LogP contribution < -0.4 is 28.7 Å². The van der Waals surface area contributed by atoms with Crippen molar-refractivity contribution in [3.63, 3.8) is 0 Å². The maximum absolute atomic E-state index is 11.1. The fraction of sp³-hybridized carbons (Fsp3) is 1.00. The van der Waals surface area contributed by atoms with E-state index in [0.29, 0.717) is 0 Å². The number of hydrogen-bond donors (Lipinski definition) is 13. The molecule has 19 atom stereocenters. The van der Waals surface area contributed by atoms with Crippen LogP contribution in [0.4, 0.5) is 0 Å². The summed E-state index contributed by atoms with van der Waals surface area (Å²) in [6.07, 6.45) is -20.5. The highest BCUT2D eigenvalue weighted by atomic mass is 16.8. The lowest BCUT2D eigenvalue weighted by Crippen LogP contribution is -2.68. The van der Waals surface area contributed by atoms with Crippen LogP contribution in [0.1, 0.15) is 6.42 Å². The molecular formula is C23H45N5O14. The summed E-state index contributed by atoms with van der Waals surface area (Å²) in [5.74, 6) is 0. The first-order valence-corrected chi connectivity index (χ1v) is 13.8. The Kier molecular flexibility index (Phi) is 11.5. The van der Waals surface area contributed by atoms with Gasteiger partial charge < -0.3 is 97.9 Å². The molecule has 1 saturated carbocycles. The highest BCUT2D eigenvalue weighted by Crippen LogP contribution is 2.34. The molecule has 4 fully saturated rings. The van der Waals surface area contributed by atoms with Crippen LogP contribution >= 0.6 is 0 Å². The van der Waals surface area contributed by atoms with Crippen molar-refractivity contribution in [2.24, 2.45) is 28.7 Å². The number of ether oxygens (including phenoxy) is 6. The van der Waals surface area contributed by atoms with Gasteiger partial charge in [-0.1, -0.05) is 0 Å². The van der Waals surface area contributed by atoms with E-state index in [1.54, 1.807) is 0 Å². The van der Waals surface area contributed by atoms with E-state index in [0.717, 1.165) is 0 Å². The van der Waals surface area contributed by atoms with Crippen LogP contribution in [0.25, 0.3) is 0 Å². The molecule has 1 aliphatic carbocycles. The molecule has 0 aromatic rings.